The van der Waals surface area contributed by atoms with Crippen LogP contribution in [-0.2, 0) is 5.41 Å². The van der Waals surface area contributed by atoms with Crippen molar-refractivity contribution < 1.29 is 26.3 Å². The Morgan fingerprint density at radius 3 is 0.911 bits per heavy atom. The summed E-state index contributed by atoms with van der Waals surface area (Å²) in [5.74, 6) is 0.350. The van der Waals surface area contributed by atoms with E-state index >= 15 is 26.3 Å². The third-order valence-corrected chi connectivity index (χ3v) is 17.7. The molecule has 5 nitrogen and oxygen atoms in total. The number of para-hydroxylation sites is 4. The molecule has 16 rings (SSSR count). The van der Waals surface area contributed by atoms with Crippen LogP contribution in [0, 0.1) is 0 Å². The van der Waals surface area contributed by atoms with Crippen molar-refractivity contribution >= 4 is 65.4 Å². The molecule has 0 fully saturated rings. The fraction of sp³-hybridized carbons (Fsp3) is 0.0380. The Morgan fingerprint density at radius 1 is 0.233 bits per heavy atom. The van der Waals surface area contributed by atoms with Crippen LogP contribution in [0.1, 0.15) is 11.1 Å². The van der Waals surface area contributed by atoms with Crippen molar-refractivity contribution in [1.29, 1.82) is 0 Å². The van der Waals surface area contributed by atoms with E-state index in [0.717, 1.165) is 118 Å². The lowest BCUT2D eigenvalue weighted by molar-refractivity contribution is -0.288. The van der Waals surface area contributed by atoms with Gasteiger partial charge in [-0.1, -0.05) is 194 Å². The molecular formula is C79H49F6N5. The minimum absolute atomic E-state index is 0.314. The molecule has 0 saturated heterocycles. The van der Waals surface area contributed by atoms with E-state index in [9.17, 15) is 0 Å². The fourth-order valence-electron chi connectivity index (χ4n) is 13.5. The lowest BCUT2D eigenvalue weighted by atomic mass is 9.72. The average Bonchev–Trinajstić information content (AvgIpc) is 0.799. The van der Waals surface area contributed by atoms with E-state index in [1.54, 1.807) is 6.07 Å². The highest BCUT2D eigenvalue weighted by Crippen LogP contribution is 2.57. The normalized spacial score (nSPS) is 12.3. The van der Waals surface area contributed by atoms with Crippen LogP contribution in [0.25, 0.3) is 139 Å². The summed E-state index contributed by atoms with van der Waals surface area (Å²) in [7, 11) is 0. The maximum Gasteiger partial charge on any atom is 0.411 e. The smallest absolute Gasteiger partial charge is 0.309 e. The van der Waals surface area contributed by atoms with Gasteiger partial charge in [-0.15, -0.1) is 0 Å². The van der Waals surface area contributed by atoms with Crippen molar-refractivity contribution in [1.82, 2.24) is 23.7 Å². The first-order chi connectivity index (χ1) is 43.9. The van der Waals surface area contributed by atoms with Gasteiger partial charge >= 0.3 is 12.4 Å². The number of alkyl halides is 6. The molecule has 0 N–H and O–H groups in total. The summed E-state index contributed by atoms with van der Waals surface area (Å²) in [5, 5.41) is 6.04. The standard InChI is InChI=1S/C79H49F6N5/c80-78(81,82)77(79(83,84)85,57-35-29-51(30-36-57)69-49-68(50-17-5-1-6-18-50)86-76(87-69)52-19-7-2-8-20-52)58-37-39-61(40-38-58)90-74-43-33-55(53-31-41-72-64(45-53)62-25-13-15-27-70(62)88(72)59-21-9-3-10-22-59)47-66(74)67-48-56(34-44-75(67)90)54-32-42-73-65(46-54)63-26-14-16-28-71(63)89(73)60-23-11-4-12-24-60/h1-49H. The van der Waals surface area contributed by atoms with E-state index < -0.39 is 28.9 Å². The maximum atomic E-state index is 16.0. The van der Waals surface area contributed by atoms with Crippen LogP contribution in [0.4, 0.5) is 26.3 Å². The van der Waals surface area contributed by atoms with Crippen molar-refractivity contribution in [3.8, 4) is 73.2 Å². The molecule has 11 heteroatoms. The van der Waals surface area contributed by atoms with Gasteiger partial charge in [0.15, 0.2) is 5.82 Å². The lowest BCUT2D eigenvalue weighted by Crippen LogP contribution is -2.54. The first-order valence-electron chi connectivity index (χ1n) is 29.5. The SMILES string of the molecule is FC(F)(F)C(c1ccc(-c2cc(-c3ccccc3)nc(-c3ccccc3)n2)cc1)(c1ccc(-n2c3ccc(-c4ccc5c(c4)c4ccccc4n5-c4ccccc4)cc3c3cc(-c4ccc5c(c4)c4ccccc4n5-c4ccccc4)ccc32)cc1)C(F)(F)F. The second-order valence-electron chi connectivity index (χ2n) is 22.7. The second kappa shape index (κ2) is 21.0. The minimum atomic E-state index is -5.83. The zero-order chi connectivity index (χ0) is 60.9. The maximum absolute atomic E-state index is 16.0. The third-order valence-electron chi connectivity index (χ3n) is 17.7. The Bertz CT molecular complexity index is 5130. The highest BCUT2D eigenvalue weighted by Gasteiger charge is 2.72. The zero-order valence-corrected chi connectivity index (χ0v) is 47.8. The zero-order valence-electron chi connectivity index (χ0n) is 47.8. The van der Waals surface area contributed by atoms with Crippen LogP contribution in [-0.4, -0.2) is 36.0 Å². The Hall–Kier alpha value is -11.3. The predicted octanol–water partition coefficient (Wildman–Crippen LogP) is 21.5. The van der Waals surface area contributed by atoms with Gasteiger partial charge in [-0.2, -0.15) is 26.3 Å². The van der Waals surface area contributed by atoms with E-state index in [4.69, 9.17) is 9.97 Å². The number of benzene rings is 12. The van der Waals surface area contributed by atoms with E-state index in [1.165, 1.54) is 24.3 Å². The highest BCUT2D eigenvalue weighted by atomic mass is 19.4. The van der Waals surface area contributed by atoms with Crippen molar-refractivity contribution in [3.63, 3.8) is 0 Å². The van der Waals surface area contributed by atoms with Crippen LogP contribution < -0.4 is 0 Å². The van der Waals surface area contributed by atoms with Crippen molar-refractivity contribution in [2.45, 2.75) is 17.8 Å². The predicted molar refractivity (Wildman–Crippen MR) is 352 cm³/mol. The minimum Gasteiger partial charge on any atom is -0.309 e. The number of rotatable bonds is 10. The molecule has 0 aliphatic carbocycles. The van der Waals surface area contributed by atoms with Gasteiger partial charge in [0, 0.05) is 66.1 Å². The molecule has 0 aliphatic rings. The quantitative estimate of drug-likeness (QED) is 0.128. The van der Waals surface area contributed by atoms with Gasteiger partial charge in [0.2, 0.25) is 5.41 Å². The summed E-state index contributed by atoms with van der Waals surface area (Å²) in [4.78, 5) is 9.56. The van der Waals surface area contributed by atoms with Crippen LogP contribution >= 0.6 is 0 Å². The number of halogens is 6. The molecule has 0 unspecified atom stereocenters. The molecule has 432 valence electrons. The molecular weight excluding hydrogens is 1130 g/mol. The number of hydrogen-bond acceptors (Lipinski definition) is 2. The third kappa shape index (κ3) is 8.71. The molecule has 0 atom stereocenters. The number of hydrogen-bond donors (Lipinski definition) is 0. The molecule has 4 heterocycles. The van der Waals surface area contributed by atoms with Crippen LogP contribution in [0.2, 0.25) is 0 Å². The molecule has 12 aromatic carbocycles. The van der Waals surface area contributed by atoms with E-state index in [1.807, 2.05) is 150 Å². The first-order valence-corrected chi connectivity index (χ1v) is 29.5. The van der Waals surface area contributed by atoms with Gasteiger partial charge in [0.1, 0.15) is 0 Å². The first kappa shape index (κ1) is 54.1. The average molecular weight is 1180 g/mol. The van der Waals surface area contributed by atoms with Gasteiger partial charge in [-0.25, -0.2) is 9.97 Å². The summed E-state index contributed by atoms with van der Waals surface area (Å²) >= 11 is 0. The van der Waals surface area contributed by atoms with Crippen molar-refractivity contribution in [2.24, 2.45) is 0 Å². The number of nitrogens with zero attached hydrogens (tertiary/aromatic N) is 5. The fourth-order valence-corrected chi connectivity index (χ4v) is 13.5. The summed E-state index contributed by atoms with van der Waals surface area (Å²) in [5.41, 5.74) is 8.20. The topological polar surface area (TPSA) is 40.6 Å². The van der Waals surface area contributed by atoms with Crippen LogP contribution in [0.5, 0.6) is 0 Å². The summed E-state index contributed by atoms with van der Waals surface area (Å²) in [6.45, 7) is 0. The summed E-state index contributed by atoms with van der Waals surface area (Å²) in [6.07, 6.45) is -11.7. The van der Waals surface area contributed by atoms with E-state index in [2.05, 4.69) is 106 Å². The van der Waals surface area contributed by atoms with Gasteiger partial charge in [-0.05, 0) is 137 Å². The highest BCUT2D eigenvalue weighted by molar-refractivity contribution is 6.14. The Morgan fingerprint density at radius 2 is 0.522 bits per heavy atom. The van der Waals surface area contributed by atoms with E-state index in [-0.39, 0.29) is 0 Å². The monoisotopic (exact) mass is 1180 g/mol. The van der Waals surface area contributed by atoms with Crippen LogP contribution in [0.3, 0.4) is 0 Å². The Labute approximate surface area is 512 Å². The van der Waals surface area contributed by atoms with Gasteiger partial charge in [-0.3, -0.25) is 0 Å². The molecule has 4 aromatic heterocycles. The van der Waals surface area contributed by atoms with Gasteiger partial charge in [0.25, 0.3) is 0 Å². The molecule has 0 bridgehead atoms. The molecule has 0 spiro atoms. The molecule has 16 aromatic rings. The molecule has 0 saturated carbocycles. The molecule has 0 radical (unpaired) electrons. The lowest BCUT2D eigenvalue weighted by Gasteiger charge is -2.38. The van der Waals surface area contributed by atoms with Gasteiger partial charge < -0.3 is 13.7 Å². The molecule has 90 heavy (non-hydrogen) atoms. The largest absolute Gasteiger partial charge is 0.411 e. The van der Waals surface area contributed by atoms with Gasteiger partial charge in [0.05, 0.1) is 44.5 Å². The van der Waals surface area contributed by atoms with Crippen molar-refractivity contribution in [3.05, 3.63) is 308 Å². The molecule has 0 aliphatic heterocycles. The summed E-state index contributed by atoms with van der Waals surface area (Å²) in [6, 6.07) is 91.6. The van der Waals surface area contributed by atoms with Crippen LogP contribution in [0.15, 0.2) is 297 Å². The Balaban J connectivity index is 0.838. The molecule has 0 amide bonds. The second-order valence-corrected chi connectivity index (χ2v) is 22.7. The summed E-state index contributed by atoms with van der Waals surface area (Å²) < 4.78 is 103. The number of fused-ring (bicyclic) bond motifs is 9. The van der Waals surface area contributed by atoms with E-state index in [0.29, 0.717) is 45.1 Å². The van der Waals surface area contributed by atoms with Crippen molar-refractivity contribution in [2.75, 3.05) is 0 Å². The Kier molecular flexibility index (Phi) is 12.6. The number of aromatic nitrogens is 5.